The Hall–Kier alpha value is -3.85. The Morgan fingerprint density at radius 2 is 1.60 bits per heavy atom. The Balaban J connectivity index is 1.67. The highest BCUT2D eigenvalue weighted by atomic mass is 32.2. The van der Waals surface area contributed by atoms with Crippen molar-refractivity contribution in [3.63, 3.8) is 0 Å². The number of benzene rings is 3. The van der Waals surface area contributed by atoms with E-state index in [0.29, 0.717) is 24.3 Å². The van der Waals surface area contributed by atoms with Gasteiger partial charge in [-0.05, 0) is 55.5 Å². The molecule has 3 aromatic carbocycles. The van der Waals surface area contributed by atoms with Gasteiger partial charge in [-0.25, -0.2) is 8.42 Å². The van der Waals surface area contributed by atoms with Crippen LogP contribution in [-0.2, 0) is 26.0 Å². The molecule has 4 rings (SSSR count). The van der Waals surface area contributed by atoms with Crippen LogP contribution in [0.4, 0.5) is 5.69 Å². The van der Waals surface area contributed by atoms with E-state index in [0.717, 1.165) is 35.6 Å². The Labute approximate surface area is 249 Å². The van der Waals surface area contributed by atoms with Gasteiger partial charge in [0.1, 0.15) is 18.3 Å². The standard InChI is InChI=1S/C33H41N3O5S/c1-3-31(33(38)34-27-16-9-5-10-17-27)35(23-22-26-14-7-4-8-15-26)32(37)25-36(28-18-13-19-29(24-28)41-2)42(39,40)30-20-11-6-12-21-30/h4,6-8,11-15,18-21,24,27,31H,3,5,9-10,16-17,22-23,25H2,1-2H3,(H,34,38)/t31-/m0/s1. The van der Waals surface area contributed by atoms with Crippen molar-refractivity contribution in [2.45, 2.75) is 68.8 Å². The fourth-order valence-corrected chi connectivity index (χ4v) is 6.88. The minimum absolute atomic E-state index is 0.0681. The number of nitrogens with zero attached hydrogens (tertiary/aromatic N) is 2. The fraction of sp³-hybridized carbons (Fsp3) is 0.394. The first-order chi connectivity index (χ1) is 20.3. The molecule has 0 spiro atoms. The number of nitrogens with one attached hydrogen (secondary N) is 1. The maximum absolute atomic E-state index is 14.2. The summed E-state index contributed by atoms with van der Waals surface area (Å²) in [6.45, 7) is 1.69. The van der Waals surface area contributed by atoms with Crippen LogP contribution in [-0.4, -0.2) is 57.4 Å². The van der Waals surface area contributed by atoms with E-state index >= 15 is 0 Å². The molecule has 1 saturated carbocycles. The van der Waals surface area contributed by atoms with E-state index in [1.807, 2.05) is 37.3 Å². The maximum atomic E-state index is 14.2. The number of hydrogen-bond donors (Lipinski definition) is 1. The minimum Gasteiger partial charge on any atom is -0.497 e. The largest absolute Gasteiger partial charge is 0.497 e. The Bertz CT molecular complexity index is 1410. The number of amides is 2. The second-order valence-electron chi connectivity index (χ2n) is 10.6. The number of carbonyl (C=O) groups excluding carboxylic acids is 2. The number of carbonyl (C=O) groups is 2. The first-order valence-corrected chi connectivity index (χ1v) is 16.1. The summed E-state index contributed by atoms with van der Waals surface area (Å²) in [5.74, 6) is -0.170. The third-order valence-electron chi connectivity index (χ3n) is 7.77. The van der Waals surface area contributed by atoms with Gasteiger partial charge >= 0.3 is 0 Å². The van der Waals surface area contributed by atoms with Crippen molar-refractivity contribution in [3.8, 4) is 5.75 Å². The molecular formula is C33H41N3O5S. The smallest absolute Gasteiger partial charge is 0.264 e. The number of rotatable bonds is 13. The van der Waals surface area contributed by atoms with Gasteiger partial charge in [-0.1, -0.05) is 80.8 Å². The lowest BCUT2D eigenvalue weighted by atomic mass is 9.95. The number of sulfonamides is 1. The van der Waals surface area contributed by atoms with E-state index in [-0.39, 0.29) is 23.4 Å². The van der Waals surface area contributed by atoms with Crippen molar-refractivity contribution >= 4 is 27.5 Å². The molecular weight excluding hydrogens is 550 g/mol. The minimum atomic E-state index is -4.12. The van der Waals surface area contributed by atoms with Crippen LogP contribution in [0.3, 0.4) is 0 Å². The maximum Gasteiger partial charge on any atom is 0.264 e. The predicted octanol–water partition coefficient (Wildman–Crippen LogP) is 5.19. The average molecular weight is 592 g/mol. The SMILES string of the molecule is CC[C@@H](C(=O)NC1CCCCC1)N(CCc1ccccc1)C(=O)CN(c1cccc(OC)c1)S(=O)(=O)c1ccccc1. The number of anilines is 1. The lowest BCUT2D eigenvalue weighted by molar-refractivity contribution is -0.140. The summed E-state index contributed by atoms with van der Waals surface area (Å²) in [6.07, 6.45) is 6.12. The highest BCUT2D eigenvalue weighted by Gasteiger charge is 2.34. The van der Waals surface area contributed by atoms with Gasteiger partial charge in [0.2, 0.25) is 11.8 Å². The third-order valence-corrected chi connectivity index (χ3v) is 9.56. The summed E-state index contributed by atoms with van der Waals surface area (Å²) in [4.78, 5) is 29.4. The van der Waals surface area contributed by atoms with Gasteiger partial charge in [0.15, 0.2) is 0 Å². The molecule has 8 nitrogen and oxygen atoms in total. The lowest BCUT2D eigenvalue weighted by Crippen LogP contribution is -2.54. The number of ether oxygens (including phenoxy) is 1. The molecule has 1 N–H and O–H groups in total. The highest BCUT2D eigenvalue weighted by molar-refractivity contribution is 7.92. The van der Waals surface area contributed by atoms with Crippen LogP contribution in [0.2, 0.25) is 0 Å². The molecule has 1 aliphatic carbocycles. The van der Waals surface area contributed by atoms with E-state index in [9.17, 15) is 18.0 Å². The van der Waals surface area contributed by atoms with E-state index in [4.69, 9.17) is 4.74 Å². The molecule has 0 unspecified atom stereocenters. The van der Waals surface area contributed by atoms with Gasteiger partial charge in [-0.3, -0.25) is 13.9 Å². The highest BCUT2D eigenvalue weighted by Crippen LogP contribution is 2.27. The average Bonchev–Trinajstić information content (AvgIpc) is 3.03. The van der Waals surface area contributed by atoms with E-state index in [1.54, 1.807) is 47.4 Å². The topological polar surface area (TPSA) is 96.0 Å². The third kappa shape index (κ3) is 7.91. The molecule has 0 aromatic heterocycles. The summed E-state index contributed by atoms with van der Waals surface area (Å²) in [5.41, 5.74) is 1.33. The van der Waals surface area contributed by atoms with Crippen LogP contribution < -0.4 is 14.4 Å². The first-order valence-electron chi connectivity index (χ1n) is 14.7. The molecule has 9 heteroatoms. The summed E-state index contributed by atoms with van der Waals surface area (Å²) < 4.78 is 34.3. The van der Waals surface area contributed by atoms with E-state index < -0.39 is 28.5 Å². The van der Waals surface area contributed by atoms with Gasteiger partial charge in [0, 0.05) is 18.7 Å². The number of methoxy groups -OCH3 is 1. The first kappa shape index (κ1) is 31.1. The van der Waals surface area contributed by atoms with E-state index in [2.05, 4.69) is 5.32 Å². The fourth-order valence-electron chi connectivity index (χ4n) is 5.45. The molecule has 0 heterocycles. The second-order valence-corrected chi connectivity index (χ2v) is 12.5. The Kier molecular flexibility index (Phi) is 11.0. The molecule has 0 radical (unpaired) electrons. The molecule has 1 atom stereocenters. The van der Waals surface area contributed by atoms with Crippen molar-refractivity contribution < 1.29 is 22.7 Å². The summed E-state index contributed by atoms with van der Waals surface area (Å²) in [5, 5.41) is 3.18. The molecule has 3 aromatic rings. The monoisotopic (exact) mass is 591 g/mol. The van der Waals surface area contributed by atoms with Crippen molar-refractivity contribution in [2.75, 3.05) is 24.5 Å². The second kappa shape index (κ2) is 14.9. The number of hydrogen-bond acceptors (Lipinski definition) is 5. The Morgan fingerprint density at radius 1 is 0.929 bits per heavy atom. The van der Waals surface area contributed by atoms with E-state index in [1.165, 1.54) is 25.7 Å². The van der Waals surface area contributed by atoms with Gasteiger partial charge < -0.3 is 15.0 Å². The van der Waals surface area contributed by atoms with Crippen LogP contribution in [0.1, 0.15) is 51.0 Å². The van der Waals surface area contributed by atoms with Crippen molar-refractivity contribution in [1.82, 2.24) is 10.2 Å². The predicted molar refractivity (Wildman–Crippen MR) is 165 cm³/mol. The van der Waals surface area contributed by atoms with Gasteiger partial charge in [0.05, 0.1) is 17.7 Å². The van der Waals surface area contributed by atoms with Crippen LogP contribution in [0.25, 0.3) is 0 Å². The van der Waals surface area contributed by atoms with Crippen LogP contribution in [0.5, 0.6) is 5.75 Å². The lowest BCUT2D eigenvalue weighted by Gasteiger charge is -2.34. The molecule has 0 bridgehead atoms. The Morgan fingerprint density at radius 3 is 2.24 bits per heavy atom. The van der Waals surface area contributed by atoms with Gasteiger partial charge in [-0.2, -0.15) is 0 Å². The molecule has 0 aliphatic heterocycles. The van der Waals surface area contributed by atoms with Crippen molar-refractivity contribution in [2.24, 2.45) is 0 Å². The molecule has 0 saturated heterocycles. The zero-order chi connectivity index (χ0) is 30.0. The van der Waals surface area contributed by atoms with Crippen LogP contribution in [0, 0.1) is 0 Å². The zero-order valence-corrected chi connectivity index (χ0v) is 25.3. The summed E-state index contributed by atoms with van der Waals surface area (Å²) in [6, 6.07) is 23.8. The summed E-state index contributed by atoms with van der Waals surface area (Å²) in [7, 11) is -2.62. The van der Waals surface area contributed by atoms with Gasteiger partial charge in [-0.15, -0.1) is 0 Å². The molecule has 1 fully saturated rings. The molecule has 1 aliphatic rings. The van der Waals surface area contributed by atoms with Crippen LogP contribution in [0.15, 0.2) is 89.8 Å². The molecule has 42 heavy (non-hydrogen) atoms. The quantitative estimate of drug-likeness (QED) is 0.295. The normalized spacial score (nSPS) is 14.5. The zero-order valence-electron chi connectivity index (χ0n) is 24.4. The molecule has 2 amide bonds. The van der Waals surface area contributed by atoms with Crippen molar-refractivity contribution in [1.29, 1.82) is 0 Å². The van der Waals surface area contributed by atoms with Gasteiger partial charge in [0.25, 0.3) is 10.0 Å². The molecule has 224 valence electrons. The van der Waals surface area contributed by atoms with Crippen molar-refractivity contribution in [3.05, 3.63) is 90.5 Å². The summed E-state index contributed by atoms with van der Waals surface area (Å²) >= 11 is 0. The van der Waals surface area contributed by atoms with Crippen LogP contribution >= 0.6 is 0 Å².